The molecule has 1 aliphatic heterocycles. The molecule has 4 aromatic rings. The molecule has 0 unspecified atom stereocenters. The number of anilines is 1. The molecule has 1 saturated heterocycles. The van der Waals surface area contributed by atoms with Crippen molar-refractivity contribution >= 4 is 50.9 Å². The summed E-state index contributed by atoms with van der Waals surface area (Å²) in [6.07, 6.45) is 7.09. The van der Waals surface area contributed by atoms with Crippen LogP contribution >= 0.6 is 23.1 Å². The number of carbonyl (C=O) groups excluding carboxylic acids is 2. The van der Waals surface area contributed by atoms with E-state index in [1.165, 1.54) is 23.1 Å². The number of fused-ring (bicyclic) bond motifs is 1. The van der Waals surface area contributed by atoms with Crippen LogP contribution < -0.4 is 5.32 Å². The molecule has 0 saturated carbocycles. The van der Waals surface area contributed by atoms with Crippen molar-refractivity contribution in [3.05, 3.63) is 67.1 Å². The van der Waals surface area contributed by atoms with Crippen molar-refractivity contribution in [2.24, 2.45) is 0 Å². The van der Waals surface area contributed by atoms with E-state index in [1.807, 2.05) is 65.5 Å². The number of thiazole rings is 1. The zero-order valence-electron chi connectivity index (χ0n) is 17.2. The zero-order chi connectivity index (χ0) is 21.9. The average Bonchev–Trinajstić information content (AvgIpc) is 3.58. The molecular weight excluding hydrogens is 442 g/mol. The van der Waals surface area contributed by atoms with Gasteiger partial charge in [0, 0.05) is 25.1 Å². The number of hydrogen-bond donors (Lipinski definition) is 1. The topological polar surface area (TPSA) is 80.1 Å². The molecule has 0 bridgehead atoms. The lowest BCUT2D eigenvalue weighted by Gasteiger charge is -2.24. The molecule has 1 atom stereocenters. The molecule has 7 nitrogen and oxygen atoms in total. The molecule has 162 valence electrons. The average molecular weight is 464 g/mol. The Morgan fingerprint density at radius 2 is 1.97 bits per heavy atom. The normalized spacial score (nSPS) is 15.9. The second-order valence-corrected chi connectivity index (χ2v) is 9.64. The summed E-state index contributed by atoms with van der Waals surface area (Å²) in [4.78, 5) is 37.4. The number of thioether (sulfide) groups is 1. The van der Waals surface area contributed by atoms with E-state index in [0.29, 0.717) is 13.0 Å². The minimum Gasteiger partial charge on any atom is -0.330 e. The molecule has 1 N–H and O–H groups in total. The number of para-hydroxylation sites is 2. The van der Waals surface area contributed by atoms with Crippen LogP contribution in [0.3, 0.4) is 0 Å². The maximum absolute atomic E-state index is 13.1. The van der Waals surface area contributed by atoms with Crippen molar-refractivity contribution in [1.29, 1.82) is 0 Å². The van der Waals surface area contributed by atoms with Crippen LogP contribution in [0.15, 0.2) is 71.5 Å². The van der Waals surface area contributed by atoms with Gasteiger partial charge in [0.15, 0.2) is 4.34 Å². The van der Waals surface area contributed by atoms with Crippen LogP contribution in [0.1, 0.15) is 12.8 Å². The first-order valence-corrected chi connectivity index (χ1v) is 12.2. The van der Waals surface area contributed by atoms with Crippen LogP contribution in [-0.2, 0) is 9.59 Å². The first kappa shape index (κ1) is 20.7. The first-order valence-electron chi connectivity index (χ1n) is 10.4. The van der Waals surface area contributed by atoms with Crippen LogP contribution in [0.2, 0.25) is 0 Å². The third-order valence-electron chi connectivity index (χ3n) is 5.39. The van der Waals surface area contributed by atoms with Crippen LogP contribution in [0.4, 0.5) is 5.69 Å². The molecule has 5 rings (SSSR count). The SMILES string of the molecule is O=C(Nc1ccccc1-n1cccc1)[C@@H]1CCCN1C(=O)CSc1nc2cccnc2s1. The molecule has 3 aromatic heterocycles. The van der Waals surface area contributed by atoms with Gasteiger partial charge in [0.05, 0.1) is 17.1 Å². The molecule has 9 heteroatoms. The second-order valence-electron chi connectivity index (χ2n) is 7.44. The first-order chi connectivity index (χ1) is 15.7. The maximum atomic E-state index is 13.1. The van der Waals surface area contributed by atoms with Gasteiger partial charge in [-0.15, -0.1) is 0 Å². The highest BCUT2D eigenvalue weighted by molar-refractivity contribution is 8.01. The maximum Gasteiger partial charge on any atom is 0.247 e. The predicted octanol–water partition coefficient (Wildman–Crippen LogP) is 4.20. The quantitative estimate of drug-likeness (QED) is 0.434. The van der Waals surface area contributed by atoms with E-state index >= 15 is 0 Å². The van der Waals surface area contributed by atoms with Crippen LogP contribution in [0, 0.1) is 0 Å². The Bertz CT molecular complexity index is 1220. The fourth-order valence-corrected chi connectivity index (χ4v) is 5.74. The third kappa shape index (κ3) is 4.26. The minimum absolute atomic E-state index is 0.0430. The molecule has 0 radical (unpaired) electrons. The Morgan fingerprint density at radius 1 is 1.12 bits per heavy atom. The van der Waals surface area contributed by atoms with Crippen LogP contribution in [0.5, 0.6) is 0 Å². The summed E-state index contributed by atoms with van der Waals surface area (Å²) in [6.45, 7) is 0.595. The lowest BCUT2D eigenvalue weighted by Crippen LogP contribution is -2.44. The Balaban J connectivity index is 1.25. The van der Waals surface area contributed by atoms with Gasteiger partial charge in [-0.05, 0) is 49.2 Å². The van der Waals surface area contributed by atoms with Crippen molar-refractivity contribution in [2.75, 3.05) is 17.6 Å². The number of benzene rings is 1. The molecule has 2 amide bonds. The summed E-state index contributed by atoms with van der Waals surface area (Å²) in [5.41, 5.74) is 2.46. The minimum atomic E-state index is -0.460. The van der Waals surface area contributed by atoms with E-state index in [-0.39, 0.29) is 17.6 Å². The number of aromatic nitrogens is 3. The summed E-state index contributed by atoms with van der Waals surface area (Å²) in [5, 5.41) is 3.04. The highest BCUT2D eigenvalue weighted by Crippen LogP contribution is 2.29. The lowest BCUT2D eigenvalue weighted by molar-refractivity contribution is -0.134. The van der Waals surface area contributed by atoms with Gasteiger partial charge >= 0.3 is 0 Å². The van der Waals surface area contributed by atoms with E-state index < -0.39 is 6.04 Å². The zero-order valence-corrected chi connectivity index (χ0v) is 18.8. The predicted molar refractivity (Wildman–Crippen MR) is 127 cm³/mol. The summed E-state index contributed by atoms with van der Waals surface area (Å²) < 4.78 is 2.77. The largest absolute Gasteiger partial charge is 0.330 e. The van der Waals surface area contributed by atoms with E-state index in [0.717, 1.165) is 32.5 Å². The van der Waals surface area contributed by atoms with Crippen molar-refractivity contribution in [3.8, 4) is 5.69 Å². The lowest BCUT2D eigenvalue weighted by atomic mass is 10.2. The van der Waals surface area contributed by atoms with Gasteiger partial charge in [0.1, 0.15) is 16.4 Å². The molecule has 0 aliphatic carbocycles. The Hall–Kier alpha value is -3.17. The monoisotopic (exact) mass is 463 g/mol. The van der Waals surface area contributed by atoms with Crippen LogP contribution in [-0.4, -0.2) is 49.6 Å². The Morgan fingerprint density at radius 3 is 2.81 bits per heavy atom. The highest BCUT2D eigenvalue weighted by Gasteiger charge is 2.34. The number of likely N-dealkylation sites (tertiary alicyclic amines) is 1. The van der Waals surface area contributed by atoms with Crippen LogP contribution in [0.25, 0.3) is 16.0 Å². The third-order valence-corrected chi connectivity index (χ3v) is 7.49. The second kappa shape index (κ2) is 9.13. The molecule has 1 fully saturated rings. The molecule has 0 spiro atoms. The van der Waals surface area contributed by atoms with Gasteiger partial charge in [0.25, 0.3) is 0 Å². The number of nitrogens with zero attached hydrogens (tertiary/aromatic N) is 4. The van der Waals surface area contributed by atoms with Crippen molar-refractivity contribution < 1.29 is 9.59 Å². The standard InChI is InChI=1S/C23H21N5O2S2/c29-20(15-31-23-26-17-8-5-11-24-22(17)32-23)28-14-6-10-19(28)21(30)25-16-7-1-2-9-18(16)27-12-3-4-13-27/h1-5,7-9,11-13,19H,6,10,14-15H2,(H,25,30)/t19-/m0/s1. The number of rotatable bonds is 6. The summed E-state index contributed by atoms with van der Waals surface area (Å²) >= 11 is 2.88. The molecular formula is C23H21N5O2S2. The van der Waals surface area contributed by atoms with Gasteiger partial charge in [-0.3, -0.25) is 9.59 Å². The highest BCUT2D eigenvalue weighted by atomic mass is 32.2. The number of nitrogens with one attached hydrogen (secondary N) is 1. The van der Waals surface area contributed by atoms with Crippen molar-refractivity contribution in [2.45, 2.75) is 23.2 Å². The summed E-state index contributed by atoms with van der Waals surface area (Å²) in [5.74, 6) is 0.0620. The summed E-state index contributed by atoms with van der Waals surface area (Å²) in [6, 6.07) is 14.8. The van der Waals surface area contributed by atoms with Gasteiger partial charge in [0.2, 0.25) is 11.8 Å². The summed E-state index contributed by atoms with van der Waals surface area (Å²) in [7, 11) is 0. The van der Waals surface area contributed by atoms with Crippen molar-refractivity contribution in [1.82, 2.24) is 19.4 Å². The van der Waals surface area contributed by atoms with Gasteiger partial charge < -0.3 is 14.8 Å². The molecule has 1 aliphatic rings. The van der Waals surface area contributed by atoms with E-state index in [9.17, 15) is 9.59 Å². The number of pyridine rings is 1. The van der Waals surface area contributed by atoms with E-state index in [2.05, 4.69) is 15.3 Å². The number of amides is 2. The molecule has 1 aromatic carbocycles. The smallest absolute Gasteiger partial charge is 0.247 e. The molecule has 4 heterocycles. The van der Waals surface area contributed by atoms with Gasteiger partial charge in [-0.2, -0.15) is 0 Å². The molecule has 32 heavy (non-hydrogen) atoms. The van der Waals surface area contributed by atoms with Gasteiger partial charge in [-0.25, -0.2) is 9.97 Å². The van der Waals surface area contributed by atoms with E-state index in [1.54, 1.807) is 11.1 Å². The van der Waals surface area contributed by atoms with Gasteiger partial charge in [-0.1, -0.05) is 35.2 Å². The fraction of sp³-hybridized carbons (Fsp3) is 0.217. The number of carbonyl (C=O) groups is 2. The van der Waals surface area contributed by atoms with Crippen molar-refractivity contribution in [3.63, 3.8) is 0 Å². The fourth-order valence-electron chi connectivity index (χ4n) is 3.87. The Kier molecular flexibility index (Phi) is 5.91. The number of hydrogen-bond acceptors (Lipinski definition) is 6. The van der Waals surface area contributed by atoms with E-state index in [4.69, 9.17) is 0 Å². The Labute approximate surface area is 193 Å².